The first kappa shape index (κ1) is 14.5. The first-order chi connectivity index (χ1) is 9.74. The van der Waals surface area contributed by atoms with Gasteiger partial charge in [-0.3, -0.25) is 9.78 Å². The lowest BCUT2D eigenvalue weighted by atomic mass is 10.1. The summed E-state index contributed by atoms with van der Waals surface area (Å²) in [4.78, 5) is 14.7. The molecule has 2 rings (SSSR count). The summed E-state index contributed by atoms with van der Waals surface area (Å²) in [5.41, 5.74) is 6.17. The summed E-state index contributed by atoms with van der Waals surface area (Å²) < 4.78 is 5.07. The molecule has 0 aliphatic carbocycles. The number of H-pyrrole nitrogens is 1. The first-order valence-corrected chi connectivity index (χ1v) is 7.17. The molecule has 1 aromatic carbocycles. The van der Waals surface area contributed by atoms with Crippen molar-refractivity contribution in [3.63, 3.8) is 0 Å². The lowest BCUT2D eigenvalue weighted by Crippen LogP contribution is -2.14. The highest BCUT2D eigenvalue weighted by molar-refractivity contribution is 7.99. The van der Waals surface area contributed by atoms with Gasteiger partial charge in [0.15, 0.2) is 10.9 Å². The average molecular weight is 292 g/mol. The number of ether oxygens (including phenoxy) is 1. The van der Waals surface area contributed by atoms with Gasteiger partial charge in [0.2, 0.25) is 0 Å². The molecule has 0 saturated carbocycles. The Kier molecular flexibility index (Phi) is 5.14. The third kappa shape index (κ3) is 3.58. The van der Waals surface area contributed by atoms with Crippen molar-refractivity contribution in [2.75, 3.05) is 19.4 Å². The molecule has 7 heteroatoms. The number of aromatic amines is 1. The van der Waals surface area contributed by atoms with Crippen molar-refractivity contribution in [3.05, 3.63) is 34.6 Å². The molecule has 6 nitrogen and oxygen atoms in total. The van der Waals surface area contributed by atoms with Crippen molar-refractivity contribution < 1.29 is 4.74 Å². The summed E-state index contributed by atoms with van der Waals surface area (Å²) in [6.07, 6.45) is 0.870. The fourth-order valence-corrected chi connectivity index (χ4v) is 2.34. The number of hydrogen-bond donors (Lipinski definition) is 2. The van der Waals surface area contributed by atoms with E-state index >= 15 is 0 Å². The van der Waals surface area contributed by atoms with Crippen LogP contribution in [0.3, 0.4) is 0 Å². The molecule has 0 aliphatic rings. The molecule has 20 heavy (non-hydrogen) atoms. The third-order valence-corrected chi connectivity index (χ3v) is 3.58. The van der Waals surface area contributed by atoms with E-state index in [9.17, 15) is 4.79 Å². The summed E-state index contributed by atoms with van der Waals surface area (Å²) in [5.74, 6) is 1.54. The maximum absolute atomic E-state index is 12.0. The van der Waals surface area contributed by atoms with E-state index < -0.39 is 0 Å². The Hall–Kier alpha value is -1.86. The number of rotatable bonds is 6. The molecule has 0 radical (unpaired) electrons. The van der Waals surface area contributed by atoms with Crippen molar-refractivity contribution in [1.82, 2.24) is 15.2 Å². The van der Waals surface area contributed by atoms with Crippen LogP contribution in [0.4, 0.5) is 0 Å². The van der Waals surface area contributed by atoms with Crippen LogP contribution in [0.15, 0.2) is 34.2 Å². The number of nitrogens with two attached hydrogens (primary N) is 1. The molecule has 0 saturated heterocycles. The standard InChI is InChI=1S/C13H16N4O2S/c1-19-10-5-3-9(4-6-10)11-12(18)15-13(17-16-11)20-8-2-7-14/h3-6H,2,7-8,14H2,1H3,(H,15,17,18). The molecule has 1 heterocycles. The van der Waals surface area contributed by atoms with Gasteiger partial charge in [0.25, 0.3) is 5.56 Å². The highest BCUT2D eigenvalue weighted by Crippen LogP contribution is 2.18. The van der Waals surface area contributed by atoms with E-state index in [1.54, 1.807) is 31.4 Å². The van der Waals surface area contributed by atoms with Gasteiger partial charge >= 0.3 is 0 Å². The van der Waals surface area contributed by atoms with Crippen LogP contribution in [0, 0.1) is 0 Å². The summed E-state index contributed by atoms with van der Waals surface area (Å²) in [5, 5.41) is 8.53. The quantitative estimate of drug-likeness (QED) is 0.615. The van der Waals surface area contributed by atoms with Gasteiger partial charge in [0, 0.05) is 11.3 Å². The Morgan fingerprint density at radius 1 is 1.30 bits per heavy atom. The van der Waals surface area contributed by atoms with Crippen LogP contribution in [-0.4, -0.2) is 34.6 Å². The lowest BCUT2D eigenvalue weighted by molar-refractivity contribution is 0.415. The van der Waals surface area contributed by atoms with Crippen molar-refractivity contribution >= 4 is 11.8 Å². The number of benzene rings is 1. The first-order valence-electron chi connectivity index (χ1n) is 6.19. The summed E-state index contributed by atoms with van der Waals surface area (Å²) in [6.45, 7) is 0.620. The van der Waals surface area contributed by atoms with Crippen molar-refractivity contribution in [2.24, 2.45) is 5.73 Å². The summed E-state index contributed by atoms with van der Waals surface area (Å²) >= 11 is 1.44. The zero-order valence-electron chi connectivity index (χ0n) is 11.1. The normalized spacial score (nSPS) is 10.5. The van der Waals surface area contributed by atoms with E-state index in [4.69, 9.17) is 10.5 Å². The monoisotopic (exact) mass is 292 g/mol. The lowest BCUT2D eigenvalue weighted by Gasteiger charge is -2.03. The molecule has 0 atom stereocenters. The van der Waals surface area contributed by atoms with E-state index in [2.05, 4.69) is 15.2 Å². The van der Waals surface area contributed by atoms with E-state index in [0.29, 0.717) is 23.0 Å². The SMILES string of the molecule is COc1ccc(-c2nnc(SCCCN)[nH]c2=O)cc1. The maximum atomic E-state index is 12.0. The van der Waals surface area contributed by atoms with Crippen LogP contribution in [0.2, 0.25) is 0 Å². The number of nitrogens with zero attached hydrogens (tertiary/aromatic N) is 2. The molecule has 0 unspecified atom stereocenters. The van der Waals surface area contributed by atoms with Crippen LogP contribution in [0.1, 0.15) is 6.42 Å². The van der Waals surface area contributed by atoms with Crippen molar-refractivity contribution in [3.8, 4) is 17.0 Å². The Morgan fingerprint density at radius 3 is 2.65 bits per heavy atom. The van der Waals surface area contributed by atoms with Gasteiger partial charge in [-0.15, -0.1) is 10.2 Å². The van der Waals surface area contributed by atoms with Gasteiger partial charge in [-0.05, 0) is 37.2 Å². The molecular formula is C13H16N4O2S. The van der Waals surface area contributed by atoms with Gasteiger partial charge in [0.1, 0.15) is 5.75 Å². The molecule has 3 N–H and O–H groups in total. The van der Waals surface area contributed by atoms with Gasteiger partial charge in [0.05, 0.1) is 7.11 Å². The molecule has 0 spiro atoms. The fourth-order valence-electron chi connectivity index (χ4n) is 1.58. The number of hydrogen-bond acceptors (Lipinski definition) is 6. The Labute approximate surface area is 120 Å². The average Bonchev–Trinajstić information content (AvgIpc) is 2.48. The highest BCUT2D eigenvalue weighted by Gasteiger charge is 2.08. The maximum Gasteiger partial charge on any atom is 0.278 e. The number of methoxy groups -OCH3 is 1. The molecule has 0 bridgehead atoms. The van der Waals surface area contributed by atoms with E-state index in [1.165, 1.54) is 11.8 Å². The summed E-state index contributed by atoms with van der Waals surface area (Å²) in [6, 6.07) is 7.11. The number of aromatic nitrogens is 3. The third-order valence-electron chi connectivity index (χ3n) is 2.63. The van der Waals surface area contributed by atoms with Crippen molar-refractivity contribution in [2.45, 2.75) is 11.6 Å². The number of nitrogens with one attached hydrogen (secondary N) is 1. The second kappa shape index (κ2) is 7.06. The van der Waals surface area contributed by atoms with Crippen molar-refractivity contribution in [1.29, 1.82) is 0 Å². The van der Waals surface area contributed by atoms with Crippen LogP contribution in [0.5, 0.6) is 5.75 Å². The highest BCUT2D eigenvalue weighted by atomic mass is 32.2. The minimum Gasteiger partial charge on any atom is -0.497 e. The van der Waals surface area contributed by atoms with Gasteiger partial charge in [-0.25, -0.2) is 0 Å². The van der Waals surface area contributed by atoms with Gasteiger partial charge < -0.3 is 10.5 Å². The van der Waals surface area contributed by atoms with Crippen LogP contribution >= 0.6 is 11.8 Å². The van der Waals surface area contributed by atoms with E-state index in [1.807, 2.05) is 0 Å². The topological polar surface area (TPSA) is 93.9 Å². The zero-order chi connectivity index (χ0) is 14.4. The Balaban J connectivity index is 2.18. The molecule has 2 aromatic rings. The Bertz CT molecular complexity index is 613. The molecule has 0 aliphatic heterocycles. The van der Waals surface area contributed by atoms with Gasteiger partial charge in [-0.1, -0.05) is 11.8 Å². The molecule has 1 aromatic heterocycles. The molecular weight excluding hydrogens is 276 g/mol. The molecule has 106 valence electrons. The van der Waals surface area contributed by atoms with Gasteiger partial charge in [-0.2, -0.15) is 0 Å². The second-order valence-electron chi connectivity index (χ2n) is 4.03. The zero-order valence-corrected chi connectivity index (χ0v) is 11.9. The summed E-state index contributed by atoms with van der Waals surface area (Å²) in [7, 11) is 1.59. The fraction of sp³-hybridized carbons (Fsp3) is 0.308. The minimum atomic E-state index is -0.250. The largest absolute Gasteiger partial charge is 0.497 e. The Morgan fingerprint density at radius 2 is 2.05 bits per heavy atom. The van der Waals surface area contributed by atoms with E-state index in [0.717, 1.165) is 17.9 Å². The number of thioether (sulfide) groups is 1. The predicted octanol–water partition coefficient (Wildman–Crippen LogP) is 1.28. The minimum absolute atomic E-state index is 0.250. The van der Waals surface area contributed by atoms with Crippen LogP contribution in [0.25, 0.3) is 11.3 Å². The molecule has 0 amide bonds. The van der Waals surface area contributed by atoms with E-state index in [-0.39, 0.29) is 5.56 Å². The smallest absolute Gasteiger partial charge is 0.278 e. The van der Waals surface area contributed by atoms with Crippen LogP contribution in [-0.2, 0) is 0 Å². The molecule has 0 fully saturated rings. The predicted molar refractivity (Wildman–Crippen MR) is 79.0 cm³/mol. The second-order valence-corrected chi connectivity index (χ2v) is 5.11. The van der Waals surface area contributed by atoms with Crippen LogP contribution < -0.4 is 16.0 Å².